The number of hydrogen-bond donors (Lipinski definition) is 2. The molecule has 2 fully saturated rings. The summed E-state index contributed by atoms with van der Waals surface area (Å²) in [5.74, 6) is -0.848. The van der Waals surface area contributed by atoms with E-state index < -0.39 is 23.8 Å². The number of rotatable bonds is 8. The zero-order valence-electron chi connectivity index (χ0n) is 25.6. The lowest BCUT2D eigenvalue weighted by molar-refractivity contribution is -0.145. The molecule has 2 saturated heterocycles. The summed E-state index contributed by atoms with van der Waals surface area (Å²) >= 11 is 0. The molecule has 0 bridgehead atoms. The third-order valence-electron chi connectivity index (χ3n) is 8.33. The van der Waals surface area contributed by atoms with Crippen LogP contribution in [0.25, 0.3) is 16.9 Å². The molecule has 2 aromatic heterocycles. The van der Waals surface area contributed by atoms with Gasteiger partial charge in [0, 0.05) is 75.3 Å². The van der Waals surface area contributed by atoms with Gasteiger partial charge in [-0.05, 0) is 43.8 Å². The Labute approximate surface area is 260 Å². The van der Waals surface area contributed by atoms with Crippen LogP contribution in [-0.2, 0) is 4.84 Å². The molecule has 2 atom stereocenters. The Morgan fingerprint density at radius 1 is 1.02 bits per heavy atom. The van der Waals surface area contributed by atoms with Crippen LogP contribution in [0.5, 0.6) is 0 Å². The Morgan fingerprint density at radius 2 is 1.76 bits per heavy atom. The van der Waals surface area contributed by atoms with Crippen molar-refractivity contribution in [2.45, 2.75) is 20.0 Å². The van der Waals surface area contributed by atoms with Crippen LogP contribution in [0, 0.1) is 24.5 Å². The number of urea groups is 1. The van der Waals surface area contributed by atoms with E-state index in [4.69, 9.17) is 9.94 Å². The van der Waals surface area contributed by atoms with E-state index in [0.717, 1.165) is 55.1 Å². The van der Waals surface area contributed by atoms with E-state index in [9.17, 15) is 13.6 Å². The van der Waals surface area contributed by atoms with Crippen molar-refractivity contribution in [1.29, 1.82) is 0 Å². The van der Waals surface area contributed by atoms with Gasteiger partial charge < -0.3 is 15.1 Å². The number of hydrogen-bond acceptors (Lipinski definition) is 8. The fourth-order valence-corrected chi connectivity index (χ4v) is 5.71. The molecule has 45 heavy (non-hydrogen) atoms. The normalized spacial score (nSPS) is 19.2. The van der Waals surface area contributed by atoms with Crippen molar-refractivity contribution in [2.24, 2.45) is 5.92 Å². The minimum atomic E-state index is -0.935. The van der Waals surface area contributed by atoms with Crippen LogP contribution in [0.3, 0.4) is 0 Å². The first-order valence-electron chi connectivity index (χ1n) is 15.1. The number of piperazine rings is 1. The third-order valence-corrected chi connectivity index (χ3v) is 8.33. The molecule has 0 spiro atoms. The first-order chi connectivity index (χ1) is 21.8. The van der Waals surface area contributed by atoms with Gasteiger partial charge in [0.15, 0.2) is 11.6 Å². The van der Waals surface area contributed by atoms with E-state index in [0.29, 0.717) is 36.1 Å². The minimum absolute atomic E-state index is 0.188. The van der Waals surface area contributed by atoms with Crippen LogP contribution >= 0.6 is 0 Å². The van der Waals surface area contributed by atoms with Gasteiger partial charge in [-0.2, -0.15) is 10.2 Å². The summed E-state index contributed by atoms with van der Waals surface area (Å²) in [5, 5.41) is 12.6. The molecule has 0 unspecified atom stereocenters. The average Bonchev–Trinajstić information content (AvgIpc) is 3.63. The number of nitrogens with zero attached hydrogens (tertiary/aromatic N) is 7. The number of benzene rings is 2. The topological polar surface area (TPSA) is 104 Å². The van der Waals surface area contributed by atoms with Gasteiger partial charge in [-0.15, -0.1) is 0 Å². The zero-order valence-corrected chi connectivity index (χ0v) is 25.6. The maximum absolute atomic E-state index is 14.0. The highest BCUT2D eigenvalue weighted by Gasteiger charge is 2.35. The summed E-state index contributed by atoms with van der Waals surface area (Å²) in [6, 6.07) is 12.9. The molecule has 4 aromatic rings. The highest BCUT2D eigenvalue weighted by atomic mass is 19.2. The Morgan fingerprint density at radius 3 is 2.44 bits per heavy atom. The average molecular weight is 618 g/mol. The highest BCUT2D eigenvalue weighted by Crippen LogP contribution is 2.35. The van der Waals surface area contributed by atoms with E-state index in [1.165, 1.54) is 6.07 Å². The summed E-state index contributed by atoms with van der Waals surface area (Å²) in [5.41, 5.74) is 3.44. The van der Waals surface area contributed by atoms with Crippen LogP contribution in [0.15, 0.2) is 60.9 Å². The van der Waals surface area contributed by atoms with Crippen LogP contribution in [0.4, 0.5) is 25.3 Å². The second-order valence-electron chi connectivity index (χ2n) is 11.4. The Kier molecular flexibility index (Phi) is 9.01. The monoisotopic (exact) mass is 617 g/mol. The van der Waals surface area contributed by atoms with E-state index >= 15 is 0 Å². The molecule has 11 nitrogen and oxygen atoms in total. The summed E-state index contributed by atoms with van der Waals surface area (Å²) in [7, 11) is 2.11. The molecule has 2 aromatic carbocycles. The Bertz CT molecular complexity index is 1630. The maximum Gasteiger partial charge on any atom is 0.320 e. The number of likely N-dealkylation sites (N-methyl/N-ethyl adjacent to an activating group) is 1. The second kappa shape index (κ2) is 13.3. The maximum atomic E-state index is 14.0. The number of halogens is 2. The van der Waals surface area contributed by atoms with Crippen LogP contribution in [-0.4, -0.2) is 88.6 Å². The molecule has 2 amide bonds. The summed E-state index contributed by atoms with van der Waals surface area (Å²) < 4.78 is 29.3. The van der Waals surface area contributed by atoms with Gasteiger partial charge in [0.1, 0.15) is 17.6 Å². The SMILES string of the molecule is CCN1C[C@@H](CNC(=O)Nc2c(C)c(-c3cnc(N4CCN(C)CC4)nc3)nn2-c2ccccc2)[C@H](c2ccc(F)c(F)c2)O1. The highest BCUT2D eigenvalue weighted by molar-refractivity contribution is 5.90. The predicted molar refractivity (Wildman–Crippen MR) is 167 cm³/mol. The summed E-state index contributed by atoms with van der Waals surface area (Å²) in [6.45, 7) is 8.88. The quantitative estimate of drug-likeness (QED) is 0.300. The van der Waals surface area contributed by atoms with E-state index in [2.05, 4.69) is 37.4 Å². The molecule has 6 rings (SSSR count). The van der Waals surface area contributed by atoms with Crippen molar-refractivity contribution in [3.05, 3.63) is 83.7 Å². The lowest BCUT2D eigenvalue weighted by Crippen LogP contribution is -2.45. The number of amides is 2. The number of para-hydroxylation sites is 1. The number of hydroxylamine groups is 2. The standard InChI is InChI=1S/C32H37F2N9O2/c1-4-42-20-24(29(45-42)22-10-11-26(33)27(34)16-22)19-37-32(44)38-30-21(2)28(39-43(30)25-8-6-5-7-9-25)23-17-35-31(36-18-23)41-14-12-40(3)13-15-41/h5-11,16-18,24,29H,4,12-15,19-20H2,1-3H3,(H2,37,38,44)/t24-,29+/m1/s1. The van der Waals surface area contributed by atoms with Gasteiger partial charge in [-0.1, -0.05) is 31.2 Å². The molecule has 0 saturated carbocycles. The van der Waals surface area contributed by atoms with Crippen molar-refractivity contribution in [3.63, 3.8) is 0 Å². The van der Waals surface area contributed by atoms with Crippen LogP contribution in [0.1, 0.15) is 24.2 Å². The van der Waals surface area contributed by atoms with E-state index in [-0.39, 0.29) is 12.5 Å². The fraction of sp³-hybridized carbons (Fsp3) is 0.375. The Hall–Kier alpha value is -4.46. The molecule has 236 valence electrons. The molecule has 0 aliphatic carbocycles. The molecular formula is C32H37F2N9O2. The molecule has 0 radical (unpaired) electrons. The zero-order chi connectivity index (χ0) is 31.5. The van der Waals surface area contributed by atoms with Crippen molar-refractivity contribution >= 4 is 17.8 Å². The number of aromatic nitrogens is 4. The number of anilines is 2. The number of carbonyl (C=O) groups excluding carboxylic acids is 1. The molecule has 4 heterocycles. The van der Waals surface area contributed by atoms with E-state index in [1.54, 1.807) is 22.1 Å². The molecule has 2 N–H and O–H groups in total. The lowest BCUT2D eigenvalue weighted by Gasteiger charge is -2.32. The molecule has 13 heteroatoms. The van der Waals surface area contributed by atoms with E-state index in [1.807, 2.05) is 44.2 Å². The third kappa shape index (κ3) is 6.65. The molecular weight excluding hydrogens is 580 g/mol. The van der Waals surface area contributed by atoms with Gasteiger partial charge in [-0.25, -0.2) is 28.2 Å². The molecule has 2 aliphatic rings. The largest absolute Gasteiger partial charge is 0.338 e. The number of carbonyl (C=O) groups is 1. The summed E-state index contributed by atoms with van der Waals surface area (Å²) in [4.78, 5) is 33.0. The van der Waals surface area contributed by atoms with Crippen molar-refractivity contribution < 1.29 is 18.4 Å². The first-order valence-corrected chi connectivity index (χ1v) is 15.1. The van der Waals surface area contributed by atoms with Crippen molar-refractivity contribution in [1.82, 2.24) is 35.0 Å². The van der Waals surface area contributed by atoms with Crippen LogP contribution in [0.2, 0.25) is 0 Å². The second-order valence-corrected chi connectivity index (χ2v) is 11.4. The van der Waals surface area contributed by atoms with Gasteiger partial charge in [-0.3, -0.25) is 10.2 Å². The summed E-state index contributed by atoms with van der Waals surface area (Å²) in [6.07, 6.45) is 3.01. The smallest absolute Gasteiger partial charge is 0.320 e. The Balaban J connectivity index is 1.20. The van der Waals surface area contributed by atoms with Gasteiger partial charge in [0.05, 0.1) is 5.69 Å². The predicted octanol–water partition coefficient (Wildman–Crippen LogP) is 4.41. The number of nitrogens with one attached hydrogen (secondary N) is 2. The van der Waals surface area contributed by atoms with Crippen LogP contribution < -0.4 is 15.5 Å². The fourth-order valence-electron chi connectivity index (χ4n) is 5.71. The van der Waals surface area contributed by atoms with Gasteiger partial charge in [0.2, 0.25) is 5.95 Å². The van der Waals surface area contributed by atoms with Crippen molar-refractivity contribution in [3.8, 4) is 16.9 Å². The lowest BCUT2D eigenvalue weighted by atomic mass is 9.96. The van der Waals surface area contributed by atoms with Gasteiger partial charge in [0.25, 0.3) is 0 Å². The minimum Gasteiger partial charge on any atom is -0.338 e. The van der Waals surface area contributed by atoms with Crippen molar-refractivity contribution in [2.75, 3.05) is 63.1 Å². The molecule has 2 aliphatic heterocycles. The first kappa shape index (κ1) is 30.6. The van der Waals surface area contributed by atoms with Gasteiger partial charge >= 0.3 is 6.03 Å².